The van der Waals surface area contributed by atoms with Crippen LogP contribution in [0.3, 0.4) is 0 Å². The van der Waals surface area contributed by atoms with Crippen LogP contribution in [0.25, 0.3) is 0 Å². The minimum absolute atomic E-state index is 0.661. The molecule has 5 nitrogen and oxygen atoms in total. The lowest BCUT2D eigenvalue weighted by Crippen LogP contribution is -2.07. The van der Waals surface area contributed by atoms with Crippen molar-refractivity contribution >= 4 is 11.6 Å². The number of anilines is 2. The highest BCUT2D eigenvalue weighted by atomic mass is 16.5. The van der Waals surface area contributed by atoms with E-state index in [1.54, 1.807) is 13.3 Å². The number of imidazole rings is 1. The molecule has 0 saturated carbocycles. The van der Waals surface area contributed by atoms with Gasteiger partial charge >= 0.3 is 0 Å². The smallest absolute Gasteiger partial charge is 0.207 e. The van der Waals surface area contributed by atoms with Crippen LogP contribution in [0.1, 0.15) is 6.92 Å². The maximum atomic E-state index is 5.41. The van der Waals surface area contributed by atoms with E-state index < -0.39 is 0 Å². The van der Waals surface area contributed by atoms with Gasteiger partial charge < -0.3 is 19.4 Å². The summed E-state index contributed by atoms with van der Waals surface area (Å²) in [5, 5.41) is 3.27. The van der Waals surface area contributed by atoms with Crippen molar-refractivity contribution in [3.63, 3.8) is 0 Å². The maximum Gasteiger partial charge on any atom is 0.207 e. The molecule has 0 spiro atoms. The van der Waals surface area contributed by atoms with E-state index in [9.17, 15) is 0 Å². The molecule has 0 unspecified atom stereocenters. The van der Waals surface area contributed by atoms with Gasteiger partial charge in [-0.25, -0.2) is 4.98 Å². The Morgan fingerprint density at radius 2 is 2.05 bits per heavy atom. The van der Waals surface area contributed by atoms with E-state index in [1.807, 2.05) is 42.0 Å². The fraction of sp³-hybridized carbons (Fsp3) is 0.357. The van der Waals surface area contributed by atoms with Gasteiger partial charge in [0.25, 0.3) is 0 Å². The van der Waals surface area contributed by atoms with Crippen LogP contribution in [0.4, 0.5) is 11.6 Å². The second-order valence-electron chi connectivity index (χ2n) is 4.02. The Morgan fingerprint density at radius 1 is 1.26 bits per heavy atom. The predicted octanol–water partition coefficient (Wildman–Crippen LogP) is 2.67. The lowest BCUT2D eigenvalue weighted by Gasteiger charge is -2.10. The number of hydrogen-bond acceptors (Lipinski definition) is 4. The second-order valence-corrected chi connectivity index (χ2v) is 4.02. The zero-order chi connectivity index (χ0) is 13.5. The Balaban J connectivity index is 2.02. The first-order valence-corrected chi connectivity index (χ1v) is 6.33. The van der Waals surface area contributed by atoms with E-state index >= 15 is 0 Å². The van der Waals surface area contributed by atoms with Crippen LogP contribution in [-0.4, -0.2) is 29.9 Å². The number of rotatable bonds is 7. The third kappa shape index (κ3) is 3.72. The van der Waals surface area contributed by atoms with Crippen LogP contribution in [0, 0.1) is 0 Å². The molecule has 0 aliphatic rings. The number of benzene rings is 1. The Kier molecular flexibility index (Phi) is 4.80. The minimum atomic E-state index is 0.661. The quantitative estimate of drug-likeness (QED) is 0.832. The predicted molar refractivity (Wildman–Crippen MR) is 75.0 cm³/mol. The largest absolute Gasteiger partial charge is 0.494 e. The maximum absolute atomic E-state index is 5.41. The van der Waals surface area contributed by atoms with Crippen molar-refractivity contribution in [3.05, 3.63) is 36.7 Å². The Hall–Kier alpha value is -2.01. The normalized spacial score (nSPS) is 10.4. The van der Waals surface area contributed by atoms with Crippen LogP contribution >= 0.6 is 0 Å². The average Bonchev–Trinajstić information content (AvgIpc) is 2.86. The monoisotopic (exact) mass is 261 g/mol. The van der Waals surface area contributed by atoms with E-state index in [-0.39, 0.29) is 0 Å². The summed E-state index contributed by atoms with van der Waals surface area (Å²) in [6.45, 7) is 4.08. The fourth-order valence-electron chi connectivity index (χ4n) is 1.73. The molecule has 102 valence electrons. The van der Waals surface area contributed by atoms with Crippen molar-refractivity contribution in [2.75, 3.05) is 25.6 Å². The van der Waals surface area contributed by atoms with Gasteiger partial charge in [-0.2, -0.15) is 0 Å². The molecule has 0 saturated heterocycles. The average molecular weight is 261 g/mol. The first-order valence-electron chi connectivity index (χ1n) is 6.33. The van der Waals surface area contributed by atoms with Crippen molar-refractivity contribution < 1.29 is 9.47 Å². The van der Waals surface area contributed by atoms with Gasteiger partial charge in [-0.3, -0.25) is 0 Å². The van der Waals surface area contributed by atoms with E-state index in [4.69, 9.17) is 9.47 Å². The number of aromatic nitrogens is 2. The Labute approximate surface area is 113 Å². The Bertz CT molecular complexity index is 494. The molecule has 0 atom stereocenters. The van der Waals surface area contributed by atoms with E-state index in [0.29, 0.717) is 13.2 Å². The molecule has 1 aromatic carbocycles. The molecule has 0 aliphatic carbocycles. The first kappa shape index (κ1) is 13.4. The third-order valence-electron chi connectivity index (χ3n) is 2.67. The van der Waals surface area contributed by atoms with Crippen LogP contribution in [-0.2, 0) is 11.3 Å². The molecule has 19 heavy (non-hydrogen) atoms. The summed E-state index contributed by atoms with van der Waals surface area (Å²) in [4.78, 5) is 4.29. The van der Waals surface area contributed by atoms with Crippen molar-refractivity contribution in [1.29, 1.82) is 0 Å². The molecule has 0 fully saturated rings. The SMILES string of the molecule is CCOc1ccc(Nc2nccn2CCOC)cc1. The number of methoxy groups -OCH3 is 1. The van der Waals surface area contributed by atoms with Crippen LogP contribution in [0.2, 0.25) is 0 Å². The lowest BCUT2D eigenvalue weighted by atomic mass is 10.3. The zero-order valence-electron chi connectivity index (χ0n) is 11.3. The highest BCUT2D eigenvalue weighted by Gasteiger charge is 2.03. The highest BCUT2D eigenvalue weighted by Crippen LogP contribution is 2.19. The number of hydrogen-bond donors (Lipinski definition) is 1. The van der Waals surface area contributed by atoms with E-state index in [0.717, 1.165) is 23.9 Å². The summed E-state index contributed by atoms with van der Waals surface area (Å²) < 4.78 is 12.5. The molecule has 0 aliphatic heterocycles. The van der Waals surface area contributed by atoms with Crippen molar-refractivity contribution in [3.8, 4) is 5.75 Å². The summed E-state index contributed by atoms with van der Waals surface area (Å²) in [5.41, 5.74) is 0.980. The van der Waals surface area contributed by atoms with E-state index in [2.05, 4.69) is 10.3 Å². The second kappa shape index (κ2) is 6.80. The fourth-order valence-corrected chi connectivity index (χ4v) is 1.73. The Morgan fingerprint density at radius 3 is 2.74 bits per heavy atom. The summed E-state index contributed by atoms with van der Waals surface area (Å²) in [5.74, 6) is 1.68. The molecule has 2 aromatic rings. The number of nitrogens with one attached hydrogen (secondary N) is 1. The molecule has 1 N–H and O–H groups in total. The van der Waals surface area contributed by atoms with Gasteiger partial charge in [0.05, 0.1) is 13.2 Å². The van der Waals surface area contributed by atoms with Gasteiger partial charge in [-0.1, -0.05) is 0 Å². The third-order valence-corrected chi connectivity index (χ3v) is 2.67. The molecule has 1 aromatic heterocycles. The van der Waals surface area contributed by atoms with Gasteiger partial charge in [0.2, 0.25) is 5.95 Å². The molecule has 5 heteroatoms. The van der Waals surface area contributed by atoms with E-state index in [1.165, 1.54) is 0 Å². The van der Waals surface area contributed by atoms with Crippen molar-refractivity contribution in [1.82, 2.24) is 9.55 Å². The van der Waals surface area contributed by atoms with Crippen LogP contribution in [0.5, 0.6) is 5.75 Å². The molecule has 0 amide bonds. The van der Waals surface area contributed by atoms with Crippen molar-refractivity contribution in [2.45, 2.75) is 13.5 Å². The first-order chi connectivity index (χ1) is 9.33. The molecule has 1 heterocycles. The van der Waals surface area contributed by atoms with Gasteiger partial charge in [0.15, 0.2) is 0 Å². The molecule has 2 rings (SSSR count). The van der Waals surface area contributed by atoms with Gasteiger partial charge in [-0.15, -0.1) is 0 Å². The molecular weight excluding hydrogens is 242 g/mol. The minimum Gasteiger partial charge on any atom is -0.494 e. The zero-order valence-corrected chi connectivity index (χ0v) is 11.3. The summed E-state index contributed by atoms with van der Waals surface area (Å²) >= 11 is 0. The highest BCUT2D eigenvalue weighted by molar-refractivity contribution is 5.54. The number of nitrogens with zero attached hydrogens (tertiary/aromatic N) is 2. The van der Waals surface area contributed by atoms with Gasteiger partial charge in [0, 0.05) is 31.7 Å². The molecular formula is C14H19N3O2. The van der Waals surface area contributed by atoms with Gasteiger partial charge in [0.1, 0.15) is 5.75 Å². The van der Waals surface area contributed by atoms with Crippen LogP contribution in [0.15, 0.2) is 36.7 Å². The topological polar surface area (TPSA) is 48.3 Å². The van der Waals surface area contributed by atoms with Gasteiger partial charge in [-0.05, 0) is 31.2 Å². The summed E-state index contributed by atoms with van der Waals surface area (Å²) in [7, 11) is 1.69. The number of ether oxygens (including phenoxy) is 2. The standard InChI is InChI=1S/C14H19N3O2/c1-3-19-13-6-4-12(5-7-13)16-14-15-8-9-17(14)10-11-18-2/h4-9H,3,10-11H2,1-2H3,(H,15,16). The van der Waals surface area contributed by atoms with Crippen LogP contribution < -0.4 is 10.1 Å². The lowest BCUT2D eigenvalue weighted by molar-refractivity contribution is 0.188. The summed E-state index contributed by atoms with van der Waals surface area (Å²) in [6.07, 6.45) is 3.70. The van der Waals surface area contributed by atoms with Crippen molar-refractivity contribution in [2.24, 2.45) is 0 Å². The molecule has 0 radical (unpaired) electrons. The summed E-state index contributed by atoms with van der Waals surface area (Å²) in [6, 6.07) is 7.82. The molecule has 0 bridgehead atoms.